The Morgan fingerprint density at radius 1 is 1.07 bits per heavy atom. The molecular formula is C21H27F2NO4. The lowest BCUT2D eigenvalue weighted by atomic mass is 9.75. The Morgan fingerprint density at radius 3 is 2.21 bits per heavy atom. The first-order valence-corrected chi connectivity index (χ1v) is 9.70. The normalized spacial score (nSPS) is 24.6. The lowest BCUT2D eigenvalue weighted by Gasteiger charge is -2.48. The van der Waals surface area contributed by atoms with Crippen LogP contribution in [0.25, 0.3) is 0 Å². The number of amides is 1. The molecule has 0 N–H and O–H groups in total. The molecule has 2 heterocycles. The summed E-state index contributed by atoms with van der Waals surface area (Å²) < 4.78 is 38.7. The van der Waals surface area contributed by atoms with Crippen molar-refractivity contribution in [3.63, 3.8) is 0 Å². The van der Waals surface area contributed by atoms with Crippen LogP contribution in [0.1, 0.15) is 63.2 Å². The fraction of sp³-hybridized carbons (Fsp3) is 0.619. The van der Waals surface area contributed by atoms with Gasteiger partial charge in [0.25, 0.3) is 0 Å². The van der Waals surface area contributed by atoms with Gasteiger partial charge in [0.15, 0.2) is 17.3 Å². The summed E-state index contributed by atoms with van der Waals surface area (Å²) in [6, 6.07) is 2.29. The number of hydrogen-bond acceptors (Lipinski definition) is 4. The van der Waals surface area contributed by atoms with Gasteiger partial charge in [0.2, 0.25) is 5.82 Å². The van der Waals surface area contributed by atoms with Crippen LogP contribution in [0.4, 0.5) is 13.6 Å². The minimum absolute atomic E-state index is 0.123. The smallest absolute Gasteiger partial charge is 0.410 e. The molecule has 0 saturated carbocycles. The van der Waals surface area contributed by atoms with E-state index in [2.05, 4.69) is 0 Å². The summed E-state index contributed by atoms with van der Waals surface area (Å²) in [6.07, 6.45) is 3.03. The molecule has 7 heteroatoms. The number of carbonyl (C=O) groups is 2. The van der Waals surface area contributed by atoms with Crippen LogP contribution in [0.2, 0.25) is 0 Å². The lowest BCUT2D eigenvalue weighted by molar-refractivity contribution is -0.0261. The van der Waals surface area contributed by atoms with Gasteiger partial charge in [0, 0.05) is 18.0 Å². The second-order valence-electron chi connectivity index (χ2n) is 8.60. The molecule has 3 rings (SSSR count). The quantitative estimate of drug-likeness (QED) is 0.695. The molecule has 2 saturated heterocycles. The van der Waals surface area contributed by atoms with Gasteiger partial charge in [0.1, 0.15) is 5.60 Å². The first kappa shape index (κ1) is 20.6. The Hall–Kier alpha value is -2.18. The number of Topliss-reactive ketones (excluding diaryl/α,β-unsaturated/α-hetero) is 1. The highest BCUT2D eigenvalue weighted by Crippen LogP contribution is 2.39. The fourth-order valence-electron chi connectivity index (χ4n) is 4.31. The van der Waals surface area contributed by atoms with Crippen LogP contribution < -0.4 is 4.74 Å². The molecule has 2 fully saturated rings. The van der Waals surface area contributed by atoms with E-state index in [4.69, 9.17) is 9.47 Å². The minimum atomic E-state index is -1.18. The van der Waals surface area contributed by atoms with E-state index in [1.807, 2.05) is 20.8 Å². The summed E-state index contributed by atoms with van der Waals surface area (Å²) >= 11 is 0. The topological polar surface area (TPSA) is 55.8 Å². The molecular weight excluding hydrogens is 368 g/mol. The molecule has 2 atom stereocenters. The van der Waals surface area contributed by atoms with Gasteiger partial charge < -0.3 is 14.4 Å². The molecule has 1 amide bonds. The molecule has 154 valence electrons. The van der Waals surface area contributed by atoms with Crippen molar-refractivity contribution in [3.8, 4) is 5.75 Å². The number of methoxy groups -OCH3 is 1. The molecule has 5 nitrogen and oxygen atoms in total. The van der Waals surface area contributed by atoms with E-state index in [-0.39, 0.29) is 29.5 Å². The Bertz CT molecular complexity index is 760. The van der Waals surface area contributed by atoms with E-state index in [0.717, 1.165) is 19.3 Å². The summed E-state index contributed by atoms with van der Waals surface area (Å²) in [5, 5.41) is 0. The molecule has 2 aliphatic heterocycles. The third-order valence-electron chi connectivity index (χ3n) is 5.48. The molecule has 1 aromatic carbocycles. The second kappa shape index (κ2) is 7.68. The number of rotatable bonds is 3. The molecule has 2 unspecified atom stereocenters. The number of hydrogen-bond donors (Lipinski definition) is 0. The first-order chi connectivity index (χ1) is 13.1. The standard InChI is InChI=1S/C21H27F2NO4/c1-21(2,3)28-20(26)24-13-6-5-7-14(24)11-12(10-13)19(25)15-8-9-16(27-4)18(23)17(15)22/h8-9,12-14H,5-7,10-11H2,1-4H3. The maximum atomic E-state index is 14.4. The summed E-state index contributed by atoms with van der Waals surface area (Å²) in [7, 11) is 1.24. The zero-order chi connectivity index (χ0) is 20.6. The van der Waals surface area contributed by atoms with Gasteiger partial charge in [-0.3, -0.25) is 4.79 Å². The third kappa shape index (κ3) is 3.98. The van der Waals surface area contributed by atoms with Crippen LogP contribution in [0, 0.1) is 17.6 Å². The van der Waals surface area contributed by atoms with Crippen molar-refractivity contribution in [1.29, 1.82) is 0 Å². The lowest BCUT2D eigenvalue weighted by Crippen LogP contribution is -2.56. The van der Waals surface area contributed by atoms with Crippen molar-refractivity contribution in [1.82, 2.24) is 4.90 Å². The van der Waals surface area contributed by atoms with Crippen LogP contribution in [-0.2, 0) is 4.74 Å². The summed E-state index contributed by atoms with van der Waals surface area (Å²) in [5.74, 6) is -3.43. The van der Waals surface area contributed by atoms with Crippen LogP contribution in [-0.4, -0.2) is 41.6 Å². The number of piperidine rings is 2. The zero-order valence-corrected chi connectivity index (χ0v) is 16.8. The maximum Gasteiger partial charge on any atom is 0.410 e. The van der Waals surface area contributed by atoms with Gasteiger partial charge in [-0.15, -0.1) is 0 Å². The van der Waals surface area contributed by atoms with Crippen molar-refractivity contribution >= 4 is 11.9 Å². The van der Waals surface area contributed by atoms with E-state index in [9.17, 15) is 18.4 Å². The highest BCUT2D eigenvalue weighted by Gasteiger charge is 2.44. The number of ether oxygens (including phenoxy) is 2. The molecule has 0 aliphatic carbocycles. The highest BCUT2D eigenvalue weighted by molar-refractivity contribution is 5.98. The Kier molecular flexibility index (Phi) is 5.64. The van der Waals surface area contributed by atoms with Crippen LogP contribution in [0.3, 0.4) is 0 Å². The van der Waals surface area contributed by atoms with Gasteiger partial charge >= 0.3 is 6.09 Å². The average molecular weight is 395 g/mol. The minimum Gasteiger partial charge on any atom is -0.494 e. The summed E-state index contributed by atoms with van der Waals surface area (Å²) in [6.45, 7) is 5.45. The van der Waals surface area contributed by atoms with Crippen molar-refractivity contribution in [3.05, 3.63) is 29.3 Å². The molecule has 1 aromatic rings. The number of carbonyl (C=O) groups excluding carboxylic acids is 2. The number of nitrogens with zero attached hydrogens (tertiary/aromatic N) is 1. The molecule has 2 aliphatic rings. The van der Waals surface area contributed by atoms with E-state index in [1.165, 1.54) is 19.2 Å². The number of fused-ring (bicyclic) bond motifs is 2. The number of benzene rings is 1. The van der Waals surface area contributed by atoms with Crippen molar-refractivity contribution in [2.45, 2.75) is 70.6 Å². The Morgan fingerprint density at radius 2 is 1.68 bits per heavy atom. The number of halogens is 2. The van der Waals surface area contributed by atoms with E-state index >= 15 is 0 Å². The Balaban J connectivity index is 1.79. The molecule has 28 heavy (non-hydrogen) atoms. The van der Waals surface area contributed by atoms with Gasteiger partial charge in [0.05, 0.1) is 12.7 Å². The molecule has 0 spiro atoms. The van der Waals surface area contributed by atoms with Crippen LogP contribution in [0.5, 0.6) is 5.75 Å². The monoisotopic (exact) mass is 395 g/mol. The summed E-state index contributed by atoms with van der Waals surface area (Å²) in [4.78, 5) is 27.3. The first-order valence-electron chi connectivity index (χ1n) is 9.70. The predicted molar refractivity (Wildman–Crippen MR) is 99.5 cm³/mol. The van der Waals surface area contributed by atoms with E-state index in [0.29, 0.717) is 12.8 Å². The van der Waals surface area contributed by atoms with Gasteiger partial charge in [-0.2, -0.15) is 4.39 Å². The molecule has 0 aromatic heterocycles. The number of ketones is 1. The predicted octanol–water partition coefficient (Wildman–Crippen LogP) is 4.72. The zero-order valence-electron chi connectivity index (χ0n) is 16.8. The third-order valence-corrected chi connectivity index (χ3v) is 5.48. The molecule has 0 radical (unpaired) electrons. The van der Waals surface area contributed by atoms with Crippen LogP contribution >= 0.6 is 0 Å². The van der Waals surface area contributed by atoms with E-state index in [1.54, 1.807) is 4.90 Å². The highest BCUT2D eigenvalue weighted by atomic mass is 19.2. The van der Waals surface area contributed by atoms with Crippen molar-refractivity contribution in [2.75, 3.05) is 7.11 Å². The van der Waals surface area contributed by atoms with Gasteiger partial charge in [-0.25, -0.2) is 9.18 Å². The van der Waals surface area contributed by atoms with Crippen molar-refractivity contribution in [2.24, 2.45) is 5.92 Å². The van der Waals surface area contributed by atoms with Gasteiger partial charge in [-0.1, -0.05) is 0 Å². The van der Waals surface area contributed by atoms with Gasteiger partial charge in [-0.05, 0) is 65.0 Å². The maximum absolute atomic E-state index is 14.4. The second-order valence-corrected chi connectivity index (χ2v) is 8.60. The Labute approximate surface area is 164 Å². The fourth-order valence-corrected chi connectivity index (χ4v) is 4.31. The largest absolute Gasteiger partial charge is 0.494 e. The molecule has 2 bridgehead atoms. The van der Waals surface area contributed by atoms with Crippen molar-refractivity contribution < 1.29 is 27.8 Å². The summed E-state index contributed by atoms with van der Waals surface area (Å²) in [5.41, 5.74) is -0.853. The average Bonchev–Trinajstić information content (AvgIpc) is 2.60. The van der Waals surface area contributed by atoms with Crippen LogP contribution in [0.15, 0.2) is 12.1 Å². The SMILES string of the molecule is COc1ccc(C(=O)C2CC3CCCC(C2)N3C(=O)OC(C)(C)C)c(F)c1F. The van der Waals surface area contributed by atoms with E-state index < -0.39 is 28.9 Å².